The number of rotatable bonds is 6. The Balaban J connectivity index is 1.85. The first-order valence-electron chi connectivity index (χ1n) is 7.13. The highest BCUT2D eigenvalue weighted by molar-refractivity contribution is 5.76. The van der Waals surface area contributed by atoms with Gasteiger partial charge in [0.2, 0.25) is 0 Å². The van der Waals surface area contributed by atoms with Gasteiger partial charge in [-0.1, -0.05) is 6.92 Å². The molecule has 0 atom stereocenters. The summed E-state index contributed by atoms with van der Waals surface area (Å²) in [5.74, 6) is 1.69. The first kappa shape index (κ1) is 12.6. The lowest BCUT2D eigenvalue weighted by atomic mass is 10.3. The van der Waals surface area contributed by atoms with Gasteiger partial charge in [0.15, 0.2) is 0 Å². The van der Waals surface area contributed by atoms with Crippen LogP contribution in [0.3, 0.4) is 0 Å². The second-order valence-electron chi connectivity index (χ2n) is 5.39. The lowest BCUT2D eigenvalue weighted by molar-refractivity contribution is 0.578. The monoisotopic (exact) mass is 261 g/mol. The van der Waals surface area contributed by atoms with Crippen LogP contribution in [0.5, 0.6) is 0 Å². The van der Waals surface area contributed by atoms with Crippen molar-refractivity contribution in [3.63, 3.8) is 0 Å². The summed E-state index contributed by atoms with van der Waals surface area (Å²) in [6.07, 6.45) is 3.73. The number of nitrogens with one attached hydrogen (secondary N) is 1. The van der Waals surface area contributed by atoms with E-state index in [1.165, 1.54) is 18.9 Å². The number of halogens is 1. The topological polar surface area (TPSA) is 29.9 Å². The molecule has 2 aromatic rings. The molecule has 102 valence electrons. The quantitative estimate of drug-likeness (QED) is 0.866. The summed E-state index contributed by atoms with van der Waals surface area (Å²) in [4.78, 5) is 4.62. The molecule has 1 aliphatic rings. The maximum absolute atomic E-state index is 13.4. The van der Waals surface area contributed by atoms with Crippen LogP contribution in [0.2, 0.25) is 0 Å². The Hall–Kier alpha value is -1.42. The lowest BCUT2D eigenvalue weighted by Gasteiger charge is -2.08. The molecule has 0 spiro atoms. The Morgan fingerprint density at radius 3 is 3.00 bits per heavy atom. The summed E-state index contributed by atoms with van der Waals surface area (Å²) in [6.45, 7) is 4.86. The number of aromatic nitrogens is 2. The van der Waals surface area contributed by atoms with E-state index >= 15 is 0 Å². The van der Waals surface area contributed by atoms with Crippen LogP contribution in [0.15, 0.2) is 18.2 Å². The van der Waals surface area contributed by atoms with Crippen LogP contribution in [0.25, 0.3) is 11.0 Å². The highest BCUT2D eigenvalue weighted by Crippen LogP contribution is 2.27. The van der Waals surface area contributed by atoms with E-state index in [1.807, 2.05) is 0 Å². The maximum atomic E-state index is 13.4. The first-order chi connectivity index (χ1) is 9.28. The molecule has 1 saturated carbocycles. The van der Waals surface area contributed by atoms with Gasteiger partial charge in [0.1, 0.15) is 11.6 Å². The fourth-order valence-electron chi connectivity index (χ4n) is 2.46. The number of hydrogen-bond acceptors (Lipinski definition) is 2. The van der Waals surface area contributed by atoms with Crippen LogP contribution in [0.4, 0.5) is 4.39 Å². The molecular formula is C15H20FN3. The van der Waals surface area contributed by atoms with Crippen LogP contribution >= 0.6 is 0 Å². The standard InChI is InChI=1S/C15H20FN3/c1-2-7-19-14-8-12(16)5-6-13(14)18-15(19)10-17-9-11-3-4-11/h5-6,8,11,17H,2-4,7,9-10H2,1H3. The largest absolute Gasteiger partial charge is 0.327 e. The fourth-order valence-corrected chi connectivity index (χ4v) is 2.46. The predicted molar refractivity (Wildman–Crippen MR) is 74.4 cm³/mol. The Bertz CT molecular complexity index is 572. The van der Waals surface area contributed by atoms with E-state index in [-0.39, 0.29) is 5.82 Å². The van der Waals surface area contributed by atoms with Gasteiger partial charge in [-0.3, -0.25) is 0 Å². The summed E-state index contributed by atoms with van der Waals surface area (Å²) in [6, 6.07) is 4.83. The number of imidazole rings is 1. The van der Waals surface area contributed by atoms with Crippen molar-refractivity contribution in [3.05, 3.63) is 29.8 Å². The number of fused-ring (bicyclic) bond motifs is 1. The van der Waals surface area contributed by atoms with Crippen molar-refractivity contribution in [1.29, 1.82) is 0 Å². The smallest absolute Gasteiger partial charge is 0.125 e. The molecule has 1 heterocycles. The zero-order valence-corrected chi connectivity index (χ0v) is 11.3. The molecule has 0 saturated heterocycles. The molecule has 3 nitrogen and oxygen atoms in total. The average Bonchev–Trinajstić information content (AvgIpc) is 3.15. The molecule has 0 bridgehead atoms. The third-order valence-electron chi connectivity index (χ3n) is 3.65. The fraction of sp³-hybridized carbons (Fsp3) is 0.533. The van der Waals surface area contributed by atoms with Crippen molar-refractivity contribution in [2.45, 2.75) is 39.3 Å². The van der Waals surface area contributed by atoms with E-state index in [4.69, 9.17) is 0 Å². The molecule has 3 rings (SSSR count). The molecule has 1 aromatic heterocycles. The Morgan fingerprint density at radius 1 is 1.42 bits per heavy atom. The molecule has 1 aliphatic carbocycles. The van der Waals surface area contributed by atoms with E-state index in [9.17, 15) is 4.39 Å². The van der Waals surface area contributed by atoms with Gasteiger partial charge in [-0.25, -0.2) is 9.37 Å². The van der Waals surface area contributed by atoms with E-state index in [1.54, 1.807) is 12.1 Å². The average molecular weight is 261 g/mol. The van der Waals surface area contributed by atoms with E-state index in [0.717, 1.165) is 48.8 Å². The van der Waals surface area contributed by atoms with Gasteiger partial charge in [-0.15, -0.1) is 0 Å². The summed E-state index contributed by atoms with van der Waals surface area (Å²) in [7, 11) is 0. The van der Waals surface area contributed by atoms with Crippen molar-refractivity contribution >= 4 is 11.0 Å². The molecule has 0 unspecified atom stereocenters. The van der Waals surface area contributed by atoms with Gasteiger partial charge < -0.3 is 9.88 Å². The predicted octanol–water partition coefficient (Wildman–Crippen LogP) is 3.09. The maximum Gasteiger partial charge on any atom is 0.125 e. The summed E-state index contributed by atoms with van der Waals surface area (Å²) in [5, 5.41) is 3.46. The van der Waals surface area contributed by atoms with Crippen molar-refractivity contribution in [1.82, 2.24) is 14.9 Å². The second-order valence-corrected chi connectivity index (χ2v) is 5.39. The number of hydrogen-bond donors (Lipinski definition) is 1. The van der Waals surface area contributed by atoms with Gasteiger partial charge in [-0.2, -0.15) is 0 Å². The molecular weight excluding hydrogens is 241 g/mol. The number of benzene rings is 1. The summed E-state index contributed by atoms with van der Waals surface area (Å²) >= 11 is 0. The van der Waals surface area contributed by atoms with Crippen LogP contribution in [-0.2, 0) is 13.1 Å². The van der Waals surface area contributed by atoms with E-state index in [0.29, 0.717) is 0 Å². The SMILES string of the molecule is CCCn1c(CNCC2CC2)nc2ccc(F)cc21. The molecule has 0 aliphatic heterocycles. The van der Waals surface area contributed by atoms with Gasteiger partial charge in [-0.05, 0) is 49.9 Å². The van der Waals surface area contributed by atoms with Crippen LogP contribution in [0.1, 0.15) is 32.0 Å². The third-order valence-corrected chi connectivity index (χ3v) is 3.65. The molecule has 1 N–H and O–H groups in total. The van der Waals surface area contributed by atoms with Crippen LogP contribution in [-0.4, -0.2) is 16.1 Å². The normalized spacial score (nSPS) is 15.3. The van der Waals surface area contributed by atoms with Gasteiger partial charge >= 0.3 is 0 Å². The lowest BCUT2D eigenvalue weighted by Crippen LogP contribution is -2.19. The van der Waals surface area contributed by atoms with Gasteiger partial charge in [0, 0.05) is 6.54 Å². The molecule has 1 fully saturated rings. The molecule has 4 heteroatoms. The molecule has 0 radical (unpaired) electrons. The first-order valence-corrected chi connectivity index (χ1v) is 7.13. The Morgan fingerprint density at radius 2 is 2.26 bits per heavy atom. The summed E-state index contributed by atoms with van der Waals surface area (Å²) < 4.78 is 15.5. The zero-order valence-electron chi connectivity index (χ0n) is 11.3. The summed E-state index contributed by atoms with van der Waals surface area (Å²) in [5.41, 5.74) is 1.79. The highest BCUT2D eigenvalue weighted by Gasteiger charge is 2.20. The van der Waals surface area contributed by atoms with Gasteiger partial charge in [0.05, 0.1) is 17.6 Å². The third kappa shape index (κ3) is 2.78. The van der Waals surface area contributed by atoms with Crippen molar-refractivity contribution in [3.8, 4) is 0 Å². The highest BCUT2D eigenvalue weighted by atomic mass is 19.1. The van der Waals surface area contributed by atoms with Gasteiger partial charge in [0.25, 0.3) is 0 Å². The second kappa shape index (κ2) is 5.29. The van der Waals surface area contributed by atoms with Crippen molar-refractivity contribution in [2.24, 2.45) is 5.92 Å². The Kier molecular flexibility index (Phi) is 3.51. The molecule has 1 aromatic carbocycles. The van der Waals surface area contributed by atoms with E-state index < -0.39 is 0 Å². The van der Waals surface area contributed by atoms with Crippen molar-refractivity contribution in [2.75, 3.05) is 6.54 Å². The van der Waals surface area contributed by atoms with Crippen molar-refractivity contribution < 1.29 is 4.39 Å². The molecule has 19 heavy (non-hydrogen) atoms. The Labute approximate surface area is 112 Å². The minimum Gasteiger partial charge on any atom is -0.327 e. The number of nitrogens with zero attached hydrogens (tertiary/aromatic N) is 2. The van der Waals surface area contributed by atoms with Crippen LogP contribution in [0, 0.1) is 11.7 Å². The number of aryl methyl sites for hydroxylation is 1. The minimum absolute atomic E-state index is 0.192. The van der Waals surface area contributed by atoms with E-state index in [2.05, 4.69) is 21.8 Å². The minimum atomic E-state index is -0.192. The molecule has 0 amide bonds. The van der Waals surface area contributed by atoms with Crippen LogP contribution < -0.4 is 5.32 Å². The zero-order chi connectivity index (χ0) is 13.2.